The van der Waals surface area contributed by atoms with Gasteiger partial charge in [-0.1, -0.05) is 19.1 Å². The third-order valence-electron chi connectivity index (χ3n) is 1.58. The molecule has 0 aliphatic heterocycles. The zero-order valence-electron chi connectivity index (χ0n) is 7.19. The Morgan fingerprint density at radius 2 is 2.15 bits per heavy atom. The lowest BCUT2D eigenvalue weighted by Crippen LogP contribution is -2.10. The molecule has 0 radical (unpaired) electrons. The van der Waals surface area contributed by atoms with Crippen LogP contribution in [-0.2, 0) is 16.7 Å². The van der Waals surface area contributed by atoms with Gasteiger partial charge in [0.1, 0.15) is 0 Å². The van der Waals surface area contributed by atoms with E-state index in [1.807, 2.05) is 17.7 Å². The van der Waals surface area contributed by atoms with Gasteiger partial charge in [0.2, 0.25) is 0 Å². The van der Waals surface area contributed by atoms with Crippen molar-refractivity contribution in [3.63, 3.8) is 0 Å². The van der Waals surface area contributed by atoms with Gasteiger partial charge in [-0.3, -0.25) is 9.27 Å². The van der Waals surface area contributed by atoms with Crippen molar-refractivity contribution >= 4 is 16.0 Å². The van der Waals surface area contributed by atoms with Gasteiger partial charge in [-0.25, -0.2) is 0 Å². The van der Waals surface area contributed by atoms with Crippen molar-refractivity contribution in [3.8, 4) is 0 Å². The third-order valence-corrected chi connectivity index (χ3v) is 2.08. The fourth-order valence-corrected chi connectivity index (χ4v) is 1.43. The second-order valence-corrected chi connectivity index (χ2v) is 3.79. The number of hydrogen-bond donors (Lipinski definition) is 2. The van der Waals surface area contributed by atoms with E-state index in [2.05, 4.69) is 0 Å². The molecule has 4 nitrogen and oxygen atoms in total. The van der Waals surface area contributed by atoms with E-state index in [0.29, 0.717) is 5.69 Å². The standard InChI is InChI=1S/C8H11NO3S/c1-2-7-4-3-5-8(6-7)9-13(10,11)12/h3-6,9H,2H2,1H3,(H,10,11,12). The maximum absolute atomic E-state index is 10.4. The molecule has 5 heteroatoms. The van der Waals surface area contributed by atoms with Crippen LogP contribution < -0.4 is 4.72 Å². The molecule has 0 atom stereocenters. The summed E-state index contributed by atoms with van der Waals surface area (Å²) < 4.78 is 31.4. The first kappa shape index (κ1) is 10.0. The number of anilines is 1. The molecule has 2 N–H and O–H groups in total. The van der Waals surface area contributed by atoms with Crippen LogP contribution in [0.3, 0.4) is 0 Å². The summed E-state index contributed by atoms with van der Waals surface area (Å²) in [7, 11) is -4.15. The van der Waals surface area contributed by atoms with E-state index in [-0.39, 0.29) is 0 Å². The second kappa shape index (κ2) is 3.76. The largest absolute Gasteiger partial charge is 0.357 e. The van der Waals surface area contributed by atoms with Crippen LogP contribution in [0.15, 0.2) is 24.3 Å². The summed E-state index contributed by atoms with van der Waals surface area (Å²) in [6.45, 7) is 1.96. The Bertz CT molecular complexity index is 386. The molecule has 0 aliphatic rings. The van der Waals surface area contributed by atoms with Gasteiger partial charge in [-0.2, -0.15) is 8.42 Å². The summed E-state index contributed by atoms with van der Waals surface area (Å²) in [5, 5.41) is 0. The zero-order valence-corrected chi connectivity index (χ0v) is 8.00. The Kier molecular flexibility index (Phi) is 2.90. The minimum atomic E-state index is -4.15. The van der Waals surface area contributed by atoms with Gasteiger partial charge < -0.3 is 0 Å². The molecule has 0 fully saturated rings. The average molecular weight is 201 g/mol. The highest BCUT2D eigenvalue weighted by Crippen LogP contribution is 2.11. The molecule has 0 unspecified atom stereocenters. The lowest BCUT2D eigenvalue weighted by Gasteiger charge is -2.03. The Morgan fingerprint density at radius 3 is 2.69 bits per heavy atom. The van der Waals surface area contributed by atoms with Crippen molar-refractivity contribution in [2.45, 2.75) is 13.3 Å². The van der Waals surface area contributed by atoms with Crippen LogP contribution in [0.25, 0.3) is 0 Å². The fraction of sp³-hybridized carbons (Fsp3) is 0.250. The van der Waals surface area contributed by atoms with Gasteiger partial charge in [0.25, 0.3) is 0 Å². The molecule has 0 amide bonds. The monoisotopic (exact) mass is 201 g/mol. The minimum Gasteiger partial charge on any atom is -0.269 e. The van der Waals surface area contributed by atoms with Crippen LogP contribution in [0.5, 0.6) is 0 Å². The number of benzene rings is 1. The van der Waals surface area contributed by atoms with Gasteiger partial charge in [0.15, 0.2) is 0 Å². The normalized spacial score (nSPS) is 11.2. The molecule has 0 bridgehead atoms. The van der Waals surface area contributed by atoms with Gasteiger partial charge in [0, 0.05) is 0 Å². The summed E-state index contributed by atoms with van der Waals surface area (Å²) in [4.78, 5) is 0. The molecule has 0 aromatic heterocycles. The van der Waals surface area contributed by atoms with Crippen molar-refractivity contribution in [2.75, 3.05) is 4.72 Å². The third kappa shape index (κ3) is 3.43. The predicted molar refractivity (Wildman–Crippen MR) is 51.0 cm³/mol. The summed E-state index contributed by atoms with van der Waals surface area (Å²) in [5.41, 5.74) is 1.38. The Hall–Kier alpha value is -1.07. The summed E-state index contributed by atoms with van der Waals surface area (Å²) in [5.74, 6) is 0. The highest BCUT2D eigenvalue weighted by Gasteiger charge is 2.03. The van der Waals surface area contributed by atoms with E-state index in [4.69, 9.17) is 4.55 Å². The van der Waals surface area contributed by atoms with Crippen molar-refractivity contribution < 1.29 is 13.0 Å². The quantitative estimate of drug-likeness (QED) is 0.727. The van der Waals surface area contributed by atoms with Crippen LogP contribution in [0.4, 0.5) is 5.69 Å². The first-order valence-electron chi connectivity index (χ1n) is 3.85. The van der Waals surface area contributed by atoms with E-state index in [9.17, 15) is 8.42 Å². The Labute approximate surface area is 77.5 Å². The van der Waals surface area contributed by atoms with Crippen molar-refractivity contribution in [2.24, 2.45) is 0 Å². The van der Waals surface area contributed by atoms with Crippen molar-refractivity contribution in [1.82, 2.24) is 0 Å². The average Bonchev–Trinajstić information content (AvgIpc) is 2.01. The van der Waals surface area contributed by atoms with E-state index < -0.39 is 10.3 Å². The molecule has 13 heavy (non-hydrogen) atoms. The topological polar surface area (TPSA) is 66.4 Å². The molecular formula is C8H11NO3S. The molecule has 0 heterocycles. The summed E-state index contributed by atoms with van der Waals surface area (Å²) in [6, 6.07) is 6.86. The number of hydrogen-bond acceptors (Lipinski definition) is 2. The number of nitrogens with one attached hydrogen (secondary N) is 1. The van der Waals surface area contributed by atoms with Crippen LogP contribution >= 0.6 is 0 Å². The van der Waals surface area contributed by atoms with Crippen molar-refractivity contribution in [1.29, 1.82) is 0 Å². The lowest BCUT2D eigenvalue weighted by atomic mass is 10.1. The maximum Gasteiger partial charge on any atom is 0.357 e. The van der Waals surface area contributed by atoms with Crippen LogP contribution in [0.1, 0.15) is 12.5 Å². The van der Waals surface area contributed by atoms with Crippen LogP contribution in [0, 0.1) is 0 Å². The number of aryl methyl sites for hydroxylation is 1. The molecule has 1 aromatic carbocycles. The molecule has 0 spiro atoms. The van der Waals surface area contributed by atoms with Gasteiger partial charge >= 0.3 is 10.3 Å². The highest BCUT2D eigenvalue weighted by molar-refractivity contribution is 7.87. The Morgan fingerprint density at radius 1 is 1.46 bits per heavy atom. The van der Waals surface area contributed by atoms with Crippen LogP contribution in [0.2, 0.25) is 0 Å². The van der Waals surface area contributed by atoms with Gasteiger partial charge in [-0.05, 0) is 24.1 Å². The van der Waals surface area contributed by atoms with E-state index in [0.717, 1.165) is 12.0 Å². The minimum absolute atomic E-state index is 0.377. The van der Waals surface area contributed by atoms with E-state index in [1.54, 1.807) is 18.2 Å². The van der Waals surface area contributed by atoms with E-state index in [1.165, 1.54) is 0 Å². The first-order valence-corrected chi connectivity index (χ1v) is 5.29. The van der Waals surface area contributed by atoms with Gasteiger partial charge in [0.05, 0.1) is 5.69 Å². The second-order valence-electron chi connectivity index (χ2n) is 2.63. The summed E-state index contributed by atoms with van der Waals surface area (Å²) >= 11 is 0. The highest BCUT2D eigenvalue weighted by atomic mass is 32.2. The first-order chi connectivity index (χ1) is 6.01. The molecule has 0 saturated carbocycles. The predicted octanol–water partition coefficient (Wildman–Crippen LogP) is 1.46. The molecular weight excluding hydrogens is 190 g/mol. The molecule has 72 valence electrons. The fourth-order valence-electron chi connectivity index (χ4n) is 1.00. The van der Waals surface area contributed by atoms with Gasteiger partial charge in [-0.15, -0.1) is 0 Å². The number of rotatable bonds is 3. The SMILES string of the molecule is CCc1cccc(NS(=O)(=O)O)c1. The zero-order chi connectivity index (χ0) is 9.90. The smallest absolute Gasteiger partial charge is 0.269 e. The molecule has 0 aliphatic carbocycles. The molecule has 1 aromatic rings. The van der Waals surface area contributed by atoms with Crippen molar-refractivity contribution in [3.05, 3.63) is 29.8 Å². The van der Waals surface area contributed by atoms with E-state index >= 15 is 0 Å². The summed E-state index contributed by atoms with van der Waals surface area (Å²) in [6.07, 6.45) is 0.820. The molecule has 1 rings (SSSR count). The van der Waals surface area contributed by atoms with Crippen LogP contribution in [-0.4, -0.2) is 13.0 Å². The maximum atomic E-state index is 10.4. The Balaban J connectivity index is 2.90. The molecule has 0 saturated heterocycles. The lowest BCUT2D eigenvalue weighted by molar-refractivity contribution is 0.489.